The first-order chi connectivity index (χ1) is 7.95. The minimum Gasteiger partial charge on any atom is -0.382 e. The van der Waals surface area contributed by atoms with Crippen molar-refractivity contribution in [1.82, 2.24) is 10.2 Å². The van der Waals surface area contributed by atoms with Crippen LogP contribution in [-0.2, 0) is 4.74 Å². The number of hydrogen-bond donors (Lipinski definition) is 1. The Kier molecular flexibility index (Phi) is 9.49. The summed E-state index contributed by atoms with van der Waals surface area (Å²) in [6.07, 6.45) is -3.87. The summed E-state index contributed by atoms with van der Waals surface area (Å²) in [6.45, 7) is 5.64. The van der Waals surface area contributed by atoms with E-state index >= 15 is 0 Å². The molecule has 0 aliphatic carbocycles. The van der Waals surface area contributed by atoms with Crippen molar-refractivity contribution in [1.29, 1.82) is 0 Å². The van der Waals surface area contributed by atoms with E-state index in [0.29, 0.717) is 13.1 Å². The minimum atomic E-state index is -4.06. The van der Waals surface area contributed by atoms with Gasteiger partial charge in [-0.15, -0.1) is 0 Å². The first kappa shape index (κ1) is 16.7. The number of hydrogen-bond acceptors (Lipinski definition) is 3. The molecule has 0 saturated carbocycles. The zero-order valence-electron chi connectivity index (χ0n) is 10.6. The molecule has 0 aliphatic rings. The smallest absolute Gasteiger partial charge is 0.382 e. The van der Waals surface area contributed by atoms with E-state index in [9.17, 15) is 13.2 Å². The predicted octanol–water partition coefficient (Wildman–Crippen LogP) is 1.89. The summed E-state index contributed by atoms with van der Waals surface area (Å²) in [4.78, 5) is 1.68. The molecule has 1 N–H and O–H groups in total. The molecule has 104 valence electrons. The molecule has 0 amide bonds. The van der Waals surface area contributed by atoms with Crippen molar-refractivity contribution < 1.29 is 17.9 Å². The van der Waals surface area contributed by atoms with Gasteiger partial charge >= 0.3 is 6.18 Å². The summed E-state index contributed by atoms with van der Waals surface area (Å²) < 4.78 is 40.9. The molecule has 0 spiro atoms. The number of rotatable bonds is 10. The molecule has 0 heterocycles. The van der Waals surface area contributed by atoms with E-state index in [1.807, 2.05) is 6.92 Å². The molecule has 0 saturated heterocycles. The van der Waals surface area contributed by atoms with Crippen molar-refractivity contribution in [3.05, 3.63) is 0 Å². The van der Waals surface area contributed by atoms with Crippen LogP contribution in [0.4, 0.5) is 13.2 Å². The molecule has 0 fully saturated rings. The predicted molar refractivity (Wildman–Crippen MR) is 62.1 cm³/mol. The van der Waals surface area contributed by atoms with Crippen LogP contribution in [0.2, 0.25) is 0 Å². The van der Waals surface area contributed by atoms with Gasteiger partial charge in [0.15, 0.2) is 0 Å². The fraction of sp³-hybridized carbons (Fsp3) is 1.00. The second-order valence-corrected chi connectivity index (χ2v) is 3.97. The van der Waals surface area contributed by atoms with Crippen LogP contribution < -0.4 is 5.32 Å². The number of likely N-dealkylation sites (N-methyl/N-ethyl adjacent to an activating group) is 1. The highest BCUT2D eigenvalue weighted by molar-refractivity contribution is 4.59. The molecule has 0 aromatic heterocycles. The number of halogens is 3. The van der Waals surface area contributed by atoms with Crippen molar-refractivity contribution in [2.24, 2.45) is 0 Å². The Labute approximate surface area is 101 Å². The fourth-order valence-corrected chi connectivity index (χ4v) is 1.27. The Bertz CT molecular complexity index is 177. The lowest BCUT2D eigenvalue weighted by molar-refractivity contribution is -0.137. The molecular weight excluding hydrogens is 233 g/mol. The van der Waals surface area contributed by atoms with Gasteiger partial charge in [0, 0.05) is 32.8 Å². The summed E-state index contributed by atoms with van der Waals surface area (Å²) in [5, 5.41) is 3.17. The zero-order chi connectivity index (χ0) is 13.1. The van der Waals surface area contributed by atoms with E-state index in [1.54, 1.807) is 11.9 Å². The zero-order valence-corrected chi connectivity index (χ0v) is 10.6. The molecule has 0 rings (SSSR count). The van der Waals surface area contributed by atoms with E-state index < -0.39 is 12.6 Å². The van der Waals surface area contributed by atoms with Crippen molar-refractivity contribution in [3.8, 4) is 0 Å². The van der Waals surface area contributed by atoms with Crippen molar-refractivity contribution in [2.75, 3.05) is 46.4 Å². The van der Waals surface area contributed by atoms with Crippen LogP contribution in [0, 0.1) is 0 Å². The van der Waals surface area contributed by atoms with E-state index in [1.165, 1.54) is 0 Å². The van der Waals surface area contributed by atoms with Gasteiger partial charge in [-0.3, -0.25) is 0 Å². The van der Waals surface area contributed by atoms with Crippen LogP contribution >= 0.6 is 0 Å². The van der Waals surface area contributed by atoms with Crippen LogP contribution in [0.15, 0.2) is 0 Å². The minimum absolute atomic E-state index is 0.0596. The molecule has 0 aliphatic heterocycles. The van der Waals surface area contributed by atoms with Gasteiger partial charge in [0.1, 0.15) is 0 Å². The van der Waals surface area contributed by atoms with Crippen LogP contribution in [0.5, 0.6) is 0 Å². The van der Waals surface area contributed by atoms with Crippen molar-refractivity contribution in [2.45, 2.75) is 25.9 Å². The summed E-state index contributed by atoms with van der Waals surface area (Å²) in [6, 6.07) is 0. The van der Waals surface area contributed by atoms with Gasteiger partial charge in [-0.25, -0.2) is 0 Å². The number of nitrogens with one attached hydrogen (secondary N) is 1. The number of nitrogens with zero attached hydrogens (tertiary/aromatic N) is 1. The quantitative estimate of drug-likeness (QED) is 0.604. The molecule has 6 heteroatoms. The van der Waals surface area contributed by atoms with E-state index in [2.05, 4.69) is 5.32 Å². The standard InChI is InChI=1S/C11H23F3N2O/c1-3-17-10-4-6-15-7-9-16(2)8-5-11(12,13)14/h15H,3-10H2,1-2H3. The monoisotopic (exact) mass is 256 g/mol. The van der Waals surface area contributed by atoms with Gasteiger partial charge in [-0.2, -0.15) is 13.2 Å². The number of ether oxygens (including phenoxy) is 1. The van der Waals surface area contributed by atoms with Crippen LogP contribution in [0.1, 0.15) is 19.8 Å². The van der Waals surface area contributed by atoms with E-state index in [0.717, 1.165) is 26.2 Å². The van der Waals surface area contributed by atoms with Gasteiger partial charge in [-0.1, -0.05) is 0 Å². The van der Waals surface area contributed by atoms with Crippen LogP contribution in [0.3, 0.4) is 0 Å². The molecule has 0 radical (unpaired) electrons. The molecular formula is C11H23F3N2O. The number of alkyl halides is 3. The van der Waals surface area contributed by atoms with Gasteiger partial charge < -0.3 is 15.0 Å². The van der Waals surface area contributed by atoms with E-state index in [4.69, 9.17) is 4.74 Å². The largest absolute Gasteiger partial charge is 0.390 e. The molecule has 0 unspecified atom stereocenters. The summed E-state index contributed by atoms with van der Waals surface area (Å²) in [5.74, 6) is 0. The highest BCUT2D eigenvalue weighted by atomic mass is 19.4. The molecule has 0 aromatic carbocycles. The highest BCUT2D eigenvalue weighted by Gasteiger charge is 2.26. The topological polar surface area (TPSA) is 24.5 Å². The maximum Gasteiger partial charge on any atom is 0.390 e. The lowest BCUT2D eigenvalue weighted by Crippen LogP contribution is -2.32. The SMILES string of the molecule is CCOCCCNCCN(C)CCC(F)(F)F. The Hall–Kier alpha value is -0.330. The normalized spacial score (nSPS) is 12.4. The highest BCUT2D eigenvalue weighted by Crippen LogP contribution is 2.19. The fourth-order valence-electron chi connectivity index (χ4n) is 1.27. The average molecular weight is 256 g/mol. The molecule has 0 aromatic rings. The molecule has 0 bridgehead atoms. The van der Waals surface area contributed by atoms with Gasteiger partial charge in [0.25, 0.3) is 0 Å². The second kappa shape index (κ2) is 9.67. The maximum atomic E-state index is 11.9. The van der Waals surface area contributed by atoms with Crippen LogP contribution in [-0.4, -0.2) is 57.5 Å². The molecule has 3 nitrogen and oxygen atoms in total. The lowest BCUT2D eigenvalue weighted by Gasteiger charge is -2.17. The van der Waals surface area contributed by atoms with Crippen molar-refractivity contribution >= 4 is 0 Å². The van der Waals surface area contributed by atoms with Gasteiger partial charge in [0.05, 0.1) is 6.42 Å². The third kappa shape index (κ3) is 13.6. The summed E-state index contributed by atoms with van der Waals surface area (Å²) in [5.41, 5.74) is 0. The summed E-state index contributed by atoms with van der Waals surface area (Å²) in [7, 11) is 1.70. The van der Waals surface area contributed by atoms with Gasteiger partial charge in [0.2, 0.25) is 0 Å². The van der Waals surface area contributed by atoms with Crippen LogP contribution in [0.25, 0.3) is 0 Å². The Morgan fingerprint density at radius 3 is 2.47 bits per heavy atom. The Morgan fingerprint density at radius 2 is 1.88 bits per heavy atom. The first-order valence-corrected chi connectivity index (χ1v) is 5.99. The van der Waals surface area contributed by atoms with Crippen molar-refractivity contribution in [3.63, 3.8) is 0 Å². The maximum absolute atomic E-state index is 11.9. The third-order valence-corrected chi connectivity index (χ3v) is 2.29. The molecule has 0 atom stereocenters. The lowest BCUT2D eigenvalue weighted by atomic mass is 10.4. The van der Waals surface area contributed by atoms with E-state index in [-0.39, 0.29) is 6.54 Å². The average Bonchev–Trinajstić information content (AvgIpc) is 2.24. The second-order valence-electron chi connectivity index (χ2n) is 3.97. The molecule has 17 heavy (non-hydrogen) atoms. The Balaban J connectivity index is 3.25. The van der Waals surface area contributed by atoms with Gasteiger partial charge in [-0.05, 0) is 26.9 Å². The first-order valence-electron chi connectivity index (χ1n) is 5.99. The summed E-state index contributed by atoms with van der Waals surface area (Å²) >= 11 is 0. The third-order valence-electron chi connectivity index (χ3n) is 2.29. The Morgan fingerprint density at radius 1 is 1.18 bits per heavy atom.